The predicted molar refractivity (Wildman–Crippen MR) is 76.8 cm³/mol. The Labute approximate surface area is 131 Å². The van der Waals surface area contributed by atoms with Crippen LogP contribution in [0.25, 0.3) is 0 Å². The molecule has 22 heavy (non-hydrogen) atoms. The normalized spacial score (nSPS) is 19.1. The monoisotopic (exact) mass is 349 g/mol. The smallest absolute Gasteiger partial charge is 0.348 e. The Kier molecular flexibility index (Phi) is 4.73. The Bertz CT molecular complexity index is 694. The average Bonchev–Trinajstić information content (AvgIpc) is 3.13. The maximum atomic E-state index is 12.7. The summed E-state index contributed by atoms with van der Waals surface area (Å²) in [4.78, 5) is 22.8. The van der Waals surface area contributed by atoms with E-state index in [1.807, 2.05) is 0 Å². The summed E-state index contributed by atoms with van der Waals surface area (Å²) in [6.45, 7) is 0.119. The highest BCUT2D eigenvalue weighted by Crippen LogP contribution is 2.38. The van der Waals surface area contributed by atoms with Crippen LogP contribution in [-0.2, 0) is 19.6 Å². The molecule has 8 nitrogen and oxygen atoms in total. The molecule has 1 aromatic rings. The van der Waals surface area contributed by atoms with Gasteiger partial charge in [-0.25, -0.2) is 13.2 Å². The quantitative estimate of drug-likeness (QED) is 0.782. The van der Waals surface area contributed by atoms with Gasteiger partial charge in [-0.1, -0.05) is 0 Å². The zero-order chi connectivity index (χ0) is 16.5. The van der Waals surface area contributed by atoms with Crippen molar-refractivity contribution in [3.05, 3.63) is 10.9 Å². The van der Waals surface area contributed by atoms with Gasteiger partial charge in [0.2, 0.25) is 0 Å². The van der Waals surface area contributed by atoms with E-state index in [0.29, 0.717) is 17.8 Å². The molecule has 1 aliphatic rings. The van der Waals surface area contributed by atoms with E-state index in [1.165, 1.54) is 20.3 Å². The van der Waals surface area contributed by atoms with Crippen LogP contribution in [-0.4, -0.2) is 56.6 Å². The number of sulfonamides is 1. The van der Waals surface area contributed by atoms with Crippen molar-refractivity contribution in [3.63, 3.8) is 0 Å². The van der Waals surface area contributed by atoms with Crippen LogP contribution in [0.5, 0.6) is 5.75 Å². The Morgan fingerprint density at radius 3 is 2.64 bits per heavy atom. The number of ether oxygens (including phenoxy) is 2. The number of rotatable bonds is 5. The van der Waals surface area contributed by atoms with Gasteiger partial charge in [-0.05, 0) is 12.8 Å². The lowest BCUT2D eigenvalue weighted by Gasteiger charge is -2.20. The molecule has 0 saturated carbocycles. The molecule has 1 aromatic heterocycles. The zero-order valence-corrected chi connectivity index (χ0v) is 13.6. The number of nitrogens with zero attached hydrogens (tertiary/aromatic N) is 1. The molecule has 1 unspecified atom stereocenters. The van der Waals surface area contributed by atoms with Crippen LogP contribution < -0.4 is 4.74 Å². The van der Waals surface area contributed by atoms with Gasteiger partial charge in [0, 0.05) is 12.6 Å². The van der Waals surface area contributed by atoms with Gasteiger partial charge in [0.1, 0.15) is 10.9 Å². The highest BCUT2D eigenvalue weighted by atomic mass is 32.2. The summed E-state index contributed by atoms with van der Waals surface area (Å²) in [6.07, 6.45) is 0.722. The highest BCUT2D eigenvalue weighted by Gasteiger charge is 2.42. The largest absolute Gasteiger partial charge is 0.494 e. The summed E-state index contributed by atoms with van der Waals surface area (Å²) >= 11 is 0.702. The van der Waals surface area contributed by atoms with Gasteiger partial charge in [0.15, 0.2) is 9.96 Å². The fourth-order valence-electron chi connectivity index (χ4n) is 2.26. The van der Waals surface area contributed by atoms with Crippen LogP contribution in [0, 0.1) is 0 Å². The summed E-state index contributed by atoms with van der Waals surface area (Å²) in [5, 5.41) is 9.14. The molecule has 0 spiro atoms. The maximum Gasteiger partial charge on any atom is 0.348 e. The summed E-state index contributed by atoms with van der Waals surface area (Å²) < 4.78 is 35.7. The molecule has 1 saturated heterocycles. The third kappa shape index (κ3) is 2.81. The first kappa shape index (κ1) is 16.7. The van der Waals surface area contributed by atoms with Crippen molar-refractivity contribution in [1.82, 2.24) is 4.31 Å². The zero-order valence-electron chi connectivity index (χ0n) is 11.9. The molecule has 0 radical (unpaired) electrons. The third-order valence-corrected chi connectivity index (χ3v) is 6.80. The van der Waals surface area contributed by atoms with Crippen LogP contribution in [0.3, 0.4) is 0 Å². The lowest BCUT2D eigenvalue weighted by atomic mass is 10.2. The molecule has 1 atom stereocenters. The Hall–Kier alpha value is -1.65. The van der Waals surface area contributed by atoms with Gasteiger partial charge in [-0.15, -0.1) is 11.3 Å². The molecule has 0 amide bonds. The van der Waals surface area contributed by atoms with Gasteiger partial charge in [0.05, 0.1) is 14.2 Å². The Morgan fingerprint density at radius 2 is 2.09 bits per heavy atom. The Balaban J connectivity index is 2.47. The van der Waals surface area contributed by atoms with Gasteiger partial charge >= 0.3 is 11.9 Å². The van der Waals surface area contributed by atoms with Crippen LogP contribution in [0.1, 0.15) is 22.5 Å². The first-order chi connectivity index (χ1) is 10.3. The number of methoxy groups -OCH3 is 2. The second-order valence-electron chi connectivity index (χ2n) is 4.57. The molecule has 122 valence electrons. The van der Waals surface area contributed by atoms with Gasteiger partial charge in [-0.3, -0.25) is 4.79 Å². The van der Waals surface area contributed by atoms with E-state index in [4.69, 9.17) is 9.84 Å². The maximum absolute atomic E-state index is 12.7. The van der Waals surface area contributed by atoms with Crippen LogP contribution in [0.4, 0.5) is 0 Å². The number of carboxylic acid groups (broad SMARTS) is 1. The summed E-state index contributed by atoms with van der Waals surface area (Å²) in [5.41, 5.74) is 0. The number of hydrogen-bond acceptors (Lipinski definition) is 7. The number of esters is 1. The highest BCUT2D eigenvalue weighted by molar-refractivity contribution is 7.91. The minimum absolute atomic E-state index is 0.00133. The summed E-state index contributed by atoms with van der Waals surface area (Å²) in [6, 6.07) is 0.174. The molecule has 1 fully saturated rings. The first-order valence-corrected chi connectivity index (χ1v) is 8.59. The number of carbonyl (C=O) groups excluding carboxylic acids is 1. The van der Waals surface area contributed by atoms with Crippen LogP contribution in [0.15, 0.2) is 10.3 Å². The Morgan fingerprint density at radius 1 is 1.41 bits per heavy atom. The van der Waals surface area contributed by atoms with Crippen molar-refractivity contribution < 1.29 is 32.6 Å². The van der Waals surface area contributed by atoms with E-state index >= 15 is 0 Å². The van der Waals surface area contributed by atoms with E-state index in [0.717, 1.165) is 4.31 Å². The fourth-order valence-corrected chi connectivity index (χ4v) is 5.52. The van der Waals surface area contributed by atoms with Gasteiger partial charge < -0.3 is 14.6 Å². The van der Waals surface area contributed by atoms with E-state index in [2.05, 4.69) is 4.74 Å². The number of carboxylic acids is 1. The van der Waals surface area contributed by atoms with Crippen molar-refractivity contribution in [2.24, 2.45) is 0 Å². The SMILES string of the molecule is COC(=O)c1cc(OC)c(S(=O)(=O)N2CCCC2C(=O)O)s1. The standard InChI is InChI=1S/C12H15NO7S2/c1-19-8-6-9(11(16)20-2)21-12(8)22(17,18)13-5-3-4-7(13)10(14)15/h6-7H,3-5H2,1-2H3,(H,14,15). The number of hydrogen-bond donors (Lipinski definition) is 1. The summed E-state index contributed by atoms with van der Waals surface area (Å²) in [7, 11) is -1.60. The van der Waals surface area contributed by atoms with Crippen molar-refractivity contribution in [3.8, 4) is 5.75 Å². The topological polar surface area (TPSA) is 110 Å². The number of thiophene rings is 1. The van der Waals surface area contributed by atoms with Gasteiger partial charge in [-0.2, -0.15) is 4.31 Å². The summed E-state index contributed by atoms with van der Waals surface area (Å²) in [5.74, 6) is -1.87. The lowest BCUT2D eigenvalue weighted by Crippen LogP contribution is -2.40. The van der Waals surface area contributed by atoms with Crippen LogP contribution in [0.2, 0.25) is 0 Å². The second kappa shape index (κ2) is 6.23. The van der Waals surface area contributed by atoms with Gasteiger partial charge in [0.25, 0.3) is 10.0 Å². The molecule has 2 rings (SSSR count). The predicted octanol–water partition coefficient (Wildman–Crippen LogP) is 0.781. The van der Waals surface area contributed by atoms with Crippen molar-refractivity contribution in [2.45, 2.75) is 23.1 Å². The minimum Gasteiger partial charge on any atom is -0.494 e. The molecular formula is C12H15NO7S2. The van der Waals surface area contributed by atoms with E-state index < -0.39 is 28.0 Å². The van der Waals surface area contributed by atoms with Crippen molar-refractivity contribution in [2.75, 3.05) is 20.8 Å². The second-order valence-corrected chi connectivity index (χ2v) is 7.71. The molecule has 0 bridgehead atoms. The fraction of sp³-hybridized carbons (Fsp3) is 0.500. The molecule has 0 aliphatic carbocycles. The van der Waals surface area contributed by atoms with E-state index in [1.54, 1.807) is 0 Å². The lowest BCUT2D eigenvalue weighted by molar-refractivity contribution is -0.140. The first-order valence-electron chi connectivity index (χ1n) is 6.33. The van der Waals surface area contributed by atoms with Crippen molar-refractivity contribution >= 4 is 33.3 Å². The molecule has 1 aliphatic heterocycles. The minimum atomic E-state index is -4.06. The molecule has 1 N–H and O–H groups in total. The number of aliphatic carboxylic acids is 1. The molecule has 0 aromatic carbocycles. The number of carbonyl (C=O) groups is 2. The third-order valence-electron chi connectivity index (χ3n) is 3.30. The molecular weight excluding hydrogens is 334 g/mol. The molecule has 2 heterocycles. The van der Waals surface area contributed by atoms with Crippen molar-refractivity contribution in [1.29, 1.82) is 0 Å². The molecule has 10 heteroatoms. The average molecular weight is 349 g/mol. The van der Waals surface area contributed by atoms with Crippen LogP contribution >= 0.6 is 11.3 Å². The van der Waals surface area contributed by atoms with E-state index in [-0.39, 0.29) is 27.8 Å². The van der Waals surface area contributed by atoms with E-state index in [9.17, 15) is 18.0 Å².